The molecule has 0 saturated carbocycles. The molecule has 0 aliphatic rings. The predicted molar refractivity (Wildman–Crippen MR) is 76.5 cm³/mol. The van der Waals surface area contributed by atoms with Gasteiger partial charge in [-0.25, -0.2) is 4.98 Å². The molecule has 0 N–H and O–H groups in total. The fourth-order valence-electron chi connectivity index (χ4n) is 2.10. The number of rotatable bonds is 5. The first-order valence-corrected chi connectivity index (χ1v) is 6.75. The Morgan fingerprint density at radius 3 is 2.53 bits per heavy atom. The monoisotopic (exact) mass is 256 g/mol. The second-order valence-electron chi connectivity index (χ2n) is 5.02. The standard InChI is InChI=1S/C16H20N2O/c1-4-16-17-9-10-18(16)11-15(19)14-7-5-13(6-8-14)12(2)3/h5-10,12H,4,11H2,1-3H3. The van der Waals surface area contributed by atoms with E-state index in [4.69, 9.17) is 0 Å². The van der Waals surface area contributed by atoms with Gasteiger partial charge in [0, 0.05) is 24.4 Å². The van der Waals surface area contributed by atoms with Crippen molar-refractivity contribution in [3.63, 3.8) is 0 Å². The Bertz CT molecular complexity index is 552. The van der Waals surface area contributed by atoms with Gasteiger partial charge in [-0.1, -0.05) is 45.0 Å². The number of aromatic nitrogens is 2. The molecule has 0 amide bonds. The minimum atomic E-state index is 0.128. The van der Waals surface area contributed by atoms with Gasteiger partial charge in [-0.3, -0.25) is 4.79 Å². The Morgan fingerprint density at radius 2 is 1.95 bits per heavy atom. The van der Waals surface area contributed by atoms with Gasteiger partial charge in [0.15, 0.2) is 5.78 Å². The molecule has 0 saturated heterocycles. The first kappa shape index (κ1) is 13.5. The third-order valence-electron chi connectivity index (χ3n) is 3.33. The van der Waals surface area contributed by atoms with Crippen LogP contribution in [-0.2, 0) is 13.0 Å². The van der Waals surface area contributed by atoms with Gasteiger partial charge in [-0.15, -0.1) is 0 Å². The van der Waals surface area contributed by atoms with Crippen LogP contribution in [0.1, 0.15) is 48.4 Å². The van der Waals surface area contributed by atoms with Crippen molar-refractivity contribution in [1.82, 2.24) is 9.55 Å². The van der Waals surface area contributed by atoms with E-state index >= 15 is 0 Å². The first-order chi connectivity index (χ1) is 9.11. The van der Waals surface area contributed by atoms with E-state index in [0.717, 1.165) is 17.8 Å². The van der Waals surface area contributed by atoms with Gasteiger partial charge in [-0.2, -0.15) is 0 Å². The van der Waals surface area contributed by atoms with Crippen molar-refractivity contribution in [2.24, 2.45) is 0 Å². The third-order valence-corrected chi connectivity index (χ3v) is 3.33. The van der Waals surface area contributed by atoms with Crippen molar-refractivity contribution >= 4 is 5.78 Å². The average Bonchev–Trinajstić information content (AvgIpc) is 2.86. The zero-order valence-electron chi connectivity index (χ0n) is 11.8. The van der Waals surface area contributed by atoms with Crippen molar-refractivity contribution in [2.45, 2.75) is 39.7 Å². The molecule has 1 aromatic heterocycles. The Morgan fingerprint density at radius 1 is 1.26 bits per heavy atom. The van der Waals surface area contributed by atoms with Crippen LogP contribution in [0.15, 0.2) is 36.7 Å². The van der Waals surface area contributed by atoms with Crippen molar-refractivity contribution in [3.8, 4) is 0 Å². The van der Waals surface area contributed by atoms with E-state index in [1.807, 2.05) is 42.0 Å². The van der Waals surface area contributed by atoms with Gasteiger partial charge in [0.25, 0.3) is 0 Å². The lowest BCUT2D eigenvalue weighted by Crippen LogP contribution is -2.12. The molecule has 0 aliphatic heterocycles. The Kier molecular flexibility index (Phi) is 4.15. The van der Waals surface area contributed by atoms with Crippen molar-refractivity contribution in [2.75, 3.05) is 0 Å². The summed E-state index contributed by atoms with van der Waals surface area (Å²) in [7, 11) is 0. The van der Waals surface area contributed by atoms with Crippen molar-refractivity contribution < 1.29 is 4.79 Å². The molecule has 3 nitrogen and oxygen atoms in total. The molecule has 0 spiro atoms. The molecule has 0 radical (unpaired) electrons. The normalized spacial score (nSPS) is 10.9. The fraction of sp³-hybridized carbons (Fsp3) is 0.375. The number of benzene rings is 1. The second-order valence-corrected chi connectivity index (χ2v) is 5.02. The van der Waals surface area contributed by atoms with E-state index in [2.05, 4.69) is 18.8 Å². The molecule has 2 aromatic rings. The Hall–Kier alpha value is -1.90. The predicted octanol–water partition coefficient (Wildman–Crippen LogP) is 3.45. The minimum absolute atomic E-state index is 0.128. The third kappa shape index (κ3) is 3.11. The lowest BCUT2D eigenvalue weighted by atomic mass is 10.0. The van der Waals surface area contributed by atoms with Crippen LogP contribution >= 0.6 is 0 Å². The maximum Gasteiger partial charge on any atom is 0.182 e. The maximum atomic E-state index is 12.2. The van der Waals surface area contributed by atoms with E-state index in [1.54, 1.807) is 6.20 Å². The second kappa shape index (κ2) is 5.83. The highest BCUT2D eigenvalue weighted by Gasteiger charge is 2.09. The number of hydrogen-bond donors (Lipinski definition) is 0. The van der Waals surface area contributed by atoms with E-state index < -0.39 is 0 Å². The molecule has 0 bridgehead atoms. The van der Waals surface area contributed by atoms with E-state index in [9.17, 15) is 4.79 Å². The molecule has 1 heterocycles. The highest BCUT2D eigenvalue weighted by atomic mass is 16.1. The van der Waals surface area contributed by atoms with Crippen molar-refractivity contribution in [3.05, 3.63) is 53.6 Å². The Labute approximate surface area is 114 Å². The number of nitrogens with zero attached hydrogens (tertiary/aromatic N) is 2. The topological polar surface area (TPSA) is 34.9 Å². The SMILES string of the molecule is CCc1nccn1CC(=O)c1ccc(C(C)C)cc1. The summed E-state index contributed by atoms with van der Waals surface area (Å²) < 4.78 is 1.92. The number of carbonyl (C=O) groups excluding carboxylic acids is 1. The molecule has 100 valence electrons. The van der Waals surface area contributed by atoms with Gasteiger partial charge in [0.05, 0.1) is 6.54 Å². The largest absolute Gasteiger partial charge is 0.327 e. The summed E-state index contributed by atoms with van der Waals surface area (Å²) in [5.74, 6) is 1.57. The number of aryl methyl sites for hydroxylation is 1. The van der Waals surface area contributed by atoms with Crippen LogP contribution < -0.4 is 0 Å². The highest BCUT2D eigenvalue weighted by molar-refractivity contribution is 5.95. The summed E-state index contributed by atoms with van der Waals surface area (Å²) in [5.41, 5.74) is 2.02. The summed E-state index contributed by atoms with van der Waals surface area (Å²) in [6.45, 7) is 6.70. The zero-order valence-corrected chi connectivity index (χ0v) is 11.8. The molecular weight excluding hydrogens is 236 g/mol. The van der Waals surface area contributed by atoms with Crippen LogP contribution in [-0.4, -0.2) is 15.3 Å². The van der Waals surface area contributed by atoms with Crippen LogP contribution in [0.4, 0.5) is 0 Å². The molecule has 0 unspecified atom stereocenters. The highest BCUT2D eigenvalue weighted by Crippen LogP contribution is 2.15. The van der Waals surface area contributed by atoms with Gasteiger partial charge in [0.1, 0.15) is 5.82 Å². The molecule has 3 heteroatoms. The quantitative estimate of drug-likeness (QED) is 0.768. The number of Topliss-reactive ketones (excluding diaryl/α,β-unsaturated/α-hetero) is 1. The summed E-state index contributed by atoms with van der Waals surface area (Å²) in [5, 5.41) is 0. The lowest BCUT2D eigenvalue weighted by molar-refractivity contribution is 0.0971. The molecule has 0 aliphatic carbocycles. The molecule has 19 heavy (non-hydrogen) atoms. The molecule has 2 rings (SSSR count). The number of hydrogen-bond acceptors (Lipinski definition) is 2. The average molecular weight is 256 g/mol. The summed E-state index contributed by atoms with van der Waals surface area (Å²) in [6.07, 6.45) is 4.44. The first-order valence-electron chi connectivity index (χ1n) is 6.75. The maximum absolute atomic E-state index is 12.2. The lowest BCUT2D eigenvalue weighted by Gasteiger charge is -2.08. The number of carbonyl (C=O) groups is 1. The Balaban J connectivity index is 2.12. The van der Waals surface area contributed by atoms with E-state index in [0.29, 0.717) is 12.5 Å². The van der Waals surface area contributed by atoms with Crippen LogP contribution in [0.5, 0.6) is 0 Å². The van der Waals surface area contributed by atoms with Crippen LogP contribution in [0.3, 0.4) is 0 Å². The number of imidazole rings is 1. The van der Waals surface area contributed by atoms with Crippen LogP contribution in [0, 0.1) is 0 Å². The summed E-state index contributed by atoms with van der Waals surface area (Å²) in [4.78, 5) is 16.4. The summed E-state index contributed by atoms with van der Waals surface area (Å²) in [6, 6.07) is 7.90. The smallest absolute Gasteiger partial charge is 0.182 e. The molecule has 0 fully saturated rings. The van der Waals surface area contributed by atoms with Crippen molar-refractivity contribution in [1.29, 1.82) is 0 Å². The molecule has 0 atom stereocenters. The van der Waals surface area contributed by atoms with Gasteiger partial charge < -0.3 is 4.57 Å². The summed E-state index contributed by atoms with van der Waals surface area (Å²) >= 11 is 0. The molecular formula is C16H20N2O. The number of ketones is 1. The fourth-order valence-corrected chi connectivity index (χ4v) is 2.10. The van der Waals surface area contributed by atoms with Gasteiger partial charge >= 0.3 is 0 Å². The van der Waals surface area contributed by atoms with E-state index in [-0.39, 0.29) is 5.78 Å². The van der Waals surface area contributed by atoms with Gasteiger partial charge in [0.2, 0.25) is 0 Å². The molecule has 1 aromatic carbocycles. The van der Waals surface area contributed by atoms with Gasteiger partial charge in [-0.05, 0) is 11.5 Å². The minimum Gasteiger partial charge on any atom is -0.327 e. The van der Waals surface area contributed by atoms with E-state index in [1.165, 1.54) is 5.56 Å². The van der Waals surface area contributed by atoms with Crippen LogP contribution in [0.2, 0.25) is 0 Å². The zero-order chi connectivity index (χ0) is 13.8. The van der Waals surface area contributed by atoms with Crippen LogP contribution in [0.25, 0.3) is 0 Å².